The molecule has 38 heavy (non-hydrogen) atoms. The number of benzene rings is 2. The first-order chi connectivity index (χ1) is 18.3. The summed E-state index contributed by atoms with van der Waals surface area (Å²) in [4.78, 5) is 24.2. The molecule has 1 saturated heterocycles. The number of amides is 1. The van der Waals surface area contributed by atoms with Gasteiger partial charge in [0.05, 0.1) is 10.6 Å². The van der Waals surface area contributed by atoms with Gasteiger partial charge < -0.3 is 14.2 Å². The molecule has 0 bridgehead atoms. The maximum Gasteiger partial charge on any atom is 0.289 e. The molecule has 1 amide bonds. The number of aromatic nitrogens is 1. The van der Waals surface area contributed by atoms with Gasteiger partial charge in [0.15, 0.2) is 21.2 Å². The van der Waals surface area contributed by atoms with Gasteiger partial charge in [0.25, 0.3) is 5.91 Å². The summed E-state index contributed by atoms with van der Waals surface area (Å²) < 4.78 is 29.9. The summed E-state index contributed by atoms with van der Waals surface area (Å²) >= 11 is 0. The minimum atomic E-state index is -3.32. The number of nitrogens with zero attached hydrogens (tertiary/aromatic N) is 4. The van der Waals surface area contributed by atoms with E-state index in [0.717, 1.165) is 61.5 Å². The van der Waals surface area contributed by atoms with E-state index >= 15 is 0 Å². The molecule has 5 rings (SSSR count). The van der Waals surface area contributed by atoms with Crippen LogP contribution in [0.4, 0.5) is 5.69 Å². The molecule has 0 saturated carbocycles. The normalized spacial score (nSPS) is 14.6. The number of piperazine rings is 1. The lowest BCUT2D eigenvalue weighted by atomic mass is 10.2. The fraction of sp³-hybridized carbons (Fsp3) is 0.310. The van der Waals surface area contributed by atoms with Gasteiger partial charge >= 0.3 is 0 Å². The van der Waals surface area contributed by atoms with Crippen LogP contribution < -0.4 is 4.90 Å². The van der Waals surface area contributed by atoms with Gasteiger partial charge in [-0.15, -0.1) is 0 Å². The summed E-state index contributed by atoms with van der Waals surface area (Å²) in [6.45, 7) is 4.90. The van der Waals surface area contributed by atoms with Crippen LogP contribution in [0.15, 0.2) is 82.2 Å². The second-order valence-corrected chi connectivity index (χ2v) is 11.8. The number of fused-ring (bicyclic) bond motifs is 1. The molecule has 4 aromatic rings. The Kier molecular flexibility index (Phi) is 7.49. The Morgan fingerprint density at radius 2 is 1.79 bits per heavy atom. The lowest BCUT2D eigenvalue weighted by Crippen LogP contribution is -2.47. The Labute approximate surface area is 223 Å². The summed E-state index contributed by atoms with van der Waals surface area (Å²) in [5.74, 6) is 0.0134. The van der Waals surface area contributed by atoms with Gasteiger partial charge in [-0.1, -0.05) is 30.3 Å². The third-order valence-electron chi connectivity index (χ3n) is 6.95. The van der Waals surface area contributed by atoms with Crippen LogP contribution in [0.5, 0.6) is 0 Å². The summed E-state index contributed by atoms with van der Waals surface area (Å²) in [5.41, 5.74) is 3.56. The quantitative estimate of drug-likeness (QED) is 0.341. The summed E-state index contributed by atoms with van der Waals surface area (Å²) in [7, 11) is -1.63. The number of hydrogen-bond donors (Lipinski definition) is 0. The van der Waals surface area contributed by atoms with E-state index in [0.29, 0.717) is 5.58 Å². The number of carbonyl (C=O) groups excluding carboxylic acids is 1. The fourth-order valence-corrected chi connectivity index (χ4v) is 5.53. The molecule has 1 aliphatic heterocycles. The van der Waals surface area contributed by atoms with E-state index in [1.165, 1.54) is 6.26 Å². The van der Waals surface area contributed by atoms with Crippen molar-refractivity contribution in [2.24, 2.45) is 0 Å². The van der Waals surface area contributed by atoms with Crippen molar-refractivity contribution in [2.75, 3.05) is 50.9 Å². The number of hydrogen-bond acceptors (Lipinski definition) is 7. The molecule has 9 heteroatoms. The predicted octanol–water partition coefficient (Wildman–Crippen LogP) is 3.87. The van der Waals surface area contributed by atoms with Crippen LogP contribution in [0.1, 0.15) is 21.8 Å². The van der Waals surface area contributed by atoms with Gasteiger partial charge in [0.2, 0.25) is 0 Å². The lowest BCUT2D eigenvalue weighted by molar-refractivity contribution is 0.0756. The second-order valence-electron chi connectivity index (χ2n) is 9.79. The van der Waals surface area contributed by atoms with Crippen LogP contribution in [0.25, 0.3) is 11.0 Å². The number of pyridine rings is 1. The molecule has 1 fully saturated rings. The average Bonchev–Trinajstić information content (AvgIpc) is 3.37. The maximum atomic E-state index is 13.2. The zero-order chi connectivity index (χ0) is 26.7. The van der Waals surface area contributed by atoms with Gasteiger partial charge in [0.1, 0.15) is 0 Å². The van der Waals surface area contributed by atoms with Gasteiger partial charge in [-0.25, -0.2) is 8.42 Å². The van der Waals surface area contributed by atoms with Gasteiger partial charge in [-0.2, -0.15) is 0 Å². The van der Waals surface area contributed by atoms with Crippen LogP contribution in [0, 0.1) is 0 Å². The highest BCUT2D eigenvalue weighted by Crippen LogP contribution is 2.31. The molecule has 0 radical (unpaired) electrons. The highest BCUT2D eigenvalue weighted by Gasteiger charge is 2.23. The highest BCUT2D eigenvalue weighted by atomic mass is 32.2. The van der Waals surface area contributed by atoms with Crippen molar-refractivity contribution in [1.82, 2.24) is 14.8 Å². The van der Waals surface area contributed by atoms with Crippen molar-refractivity contribution in [3.05, 3.63) is 89.9 Å². The molecule has 3 heterocycles. The minimum absolute atomic E-state index is 0.237. The Balaban J connectivity index is 1.25. The van der Waals surface area contributed by atoms with E-state index in [1.807, 2.05) is 42.6 Å². The standard InChI is InChI=1S/C29H32N4O4S/c1-31(21-22-7-5-10-25(19-22)38(2,35)36)29(34)27-20-23-8-6-11-26(28(23)37-27)33-17-15-32(16-18-33)14-12-24-9-3-4-13-30-24/h3-11,13,19-20H,12,14-18,21H2,1-2H3. The maximum absolute atomic E-state index is 13.2. The molecule has 2 aromatic heterocycles. The molecule has 0 unspecified atom stereocenters. The number of rotatable bonds is 8. The van der Waals surface area contributed by atoms with Crippen molar-refractivity contribution in [1.29, 1.82) is 0 Å². The molecular weight excluding hydrogens is 500 g/mol. The lowest BCUT2D eigenvalue weighted by Gasteiger charge is -2.36. The third-order valence-corrected chi connectivity index (χ3v) is 8.06. The number of anilines is 1. The van der Waals surface area contributed by atoms with E-state index in [-0.39, 0.29) is 23.1 Å². The Morgan fingerprint density at radius 1 is 1.00 bits per heavy atom. The van der Waals surface area contributed by atoms with Crippen LogP contribution >= 0.6 is 0 Å². The topological polar surface area (TPSA) is 87.0 Å². The molecule has 0 atom stereocenters. The molecule has 0 N–H and O–H groups in total. The van der Waals surface area contributed by atoms with E-state index in [9.17, 15) is 13.2 Å². The summed E-state index contributed by atoms with van der Waals surface area (Å²) in [5, 5.41) is 0.885. The van der Waals surface area contributed by atoms with Gasteiger partial charge in [-0.3, -0.25) is 14.7 Å². The van der Waals surface area contributed by atoms with Crippen LogP contribution in [0.2, 0.25) is 0 Å². The molecule has 198 valence electrons. The van der Waals surface area contributed by atoms with Crippen molar-refractivity contribution < 1.29 is 17.6 Å². The number of sulfone groups is 1. The molecule has 1 aliphatic rings. The monoisotopic (exact) mass is 532 g/mol. The van der Waals surface area contributed by atoms with E-state index < -0.39 is 9.84 Å². The van der Waals surface area contributed by atoms with E-state index in [2.05, 4.69) is 20.9 Å². The first-order valence-corrected chi connectivity index (χ1v) is 14.6. The predicted molar refractivity (Wildman–Crippen MR) is 148 cm³/mol. The molecule has 2 aromatic carbocycles. The fourth-order valence-electron chi connectivity index (χ4n) is 4.84. The van der Waals surface area contributed by atoms with Gasteiger partial charge in [-0.05, 0) is 42.0 Å². The number of para-hydroxylation sites is 1. The Morgan fingerprint density at radius 3 is 2.53 bits per heavy atom. The van der Waals surface area contributed by atoms with Crippen molar-refractivity contribution in [2.45, 2.75) is 17.9 Å². The molecule has 0 spiro atoms. The zero-order valence-corrected chi connectivity index (χ0v) is 22.5. The first kappa shape index (κ1) is 25.9. The summed E-state index contributed by atoms with van der Waals surface area (Å²) in [6, 6.07) is 20.5. The van der Waals surface area contributed by atoms with Crippen molar-refractivity contribution >= 4 is 32.4 Å². The number of furan rings is 1. The third kappa shape index (κ3) is 5.89. The Hall–Kier alpha value is -3.69. The van der Waals surface area contributed by atoms with Crippen LogP contribution in [-0.4, -0.2) is 75.1 Å². The van der Waals surface area contributed by atoms with E-state index in [1.54, 1.807) is 36.2 Å². The SMILES string of the molecule is CN(Cc1cccc(S(C)(=O)=O)c1)C(=O)c1cc2cccc(N3CCN(CCc4ccccn4)CC3)c2o1. The number of carbonyl (C=O) groups is 1. The van der Waals surface area contributed by atoms with Crippen molar-refractivity contribution in [3.8, 4) is 0 Å². The average molecular weight is 533 g/mol. The Bertz CT molecular complexity index is 1530. The smallest absolute Gasteiger partial charge is 0.289 e. The second kappa shape index (κ2) is 11.0. The molecular formula is C29H32N4O4S. The highest BCUT2D eigenvalue weighted by molar-refractivity contribution is 7.90. The van der Waals surface area contributed by atoms with Crippen LogP contribution in [0.3, 0.4) is 0 Å². The van der Waals surface area contributed by atoms with E-state index in [4.69, 9.17) is 4.42 Å². The molecule has 0 aliphatic carbocycles. The van der Waals surface area contributed by atoms with Gasteiger partial charge in [0, 0.05) is 76.3 Å². The largest absolute Gasteiger partial charge is 0.449 e. The van der Waals surface area contributed by atoms with Crippen LogP contribution in [-0.2, 0) is 22.8 Å². The molecule has 8 nitrogen and oxygen atoms in total. The first-order valence-electron chi connectivity index (χ1n) is 12.7. The minimum Gasteiger partial charge on any atom is -0.449 e. The zero-order valence-electron chi connectivity index (χ0n) is 21.7. The van der Waals surface area contributed by atoms with Crippen molar-refractivity contribution in [3.63, 3.8) is 0 Å². The summed E-state index contributed by atoms with van der Waals surface area (Å²) in [6.07, 6.45) is 3.95.